The van der Waals surface area contributed by atoms with Crippen LogP contribution in [0, 0.1) is 0 Å². The molecule has 1 aromatic rings. The van der Waals surface area contributed by atoms with Gasteiger partial charge in [-0.25, -0.2) is 8.78 Å². The molecule has 0 radical (unpaired) electrons. The molecule has 1 aromatic heterocycles. The standard InChI is InChI=1S/C10H13BrF2N2/c11-3-6-15(8-10(12)13)7-9-1-4-14-5-2-9/h1-2,4-5,10H,3,6-8H2. The zero-order valence-corrected chi connectivity index (χ0v) is 9.83. The van der Waals surface area contributed by atoms with E-state index in [1.807, 2.05) is 12.1 Å². The lowest BCUT2D eigenvalue weighted by Crippen LogP contribution is -2.30. The molecule has 0 aromatic carbocycles. The van der Waals surface area contributed by atoms with Gasteiger partial charge in [0.15, 0.2) is 0 Å². The van der Waals surface area contributed by atoms with Gasteiger partial charge in [-0.2, -0.15) is 0 Å². The number of alkyl halides is 3. The third-order valence-corrected chi connectivity index (χ3v) is 2.31. The molecule has 0 saturated carbocycles. The average Bonchev–Trinajstić information content (AvgIpc) is 2.18. The van der Waals surface area contributed by atoms with Crippen LogP contribution in [-0.2, 0) is 6.54 Å². The summed E-state index contributed by atoms with van der Waals surface area (Å²) in [6.45, 7) is 0.971. The minimum Gasteiger partial charge on any atom is -0.293 e. The van der Waals surface area contributed by atoms with Crippen LogP contribution in [0.2, 0.25) is 0 Å². The number of halogens is 3. The number of pyridine rings is 1. The van der Waals surface area contributed by atoms with Gasteiger partial charge in [0, 0.05) is 30.8 Å². The molecule has 0 bridgehead atoms. The van der Waals surface area contributed by atoms with E-state index >= 15 is 0 Å². The van der Waals surface area contributed by atoms with E-state index in [0.29, 0.717) is 18.4 Å². The van der Waals surface area contributed by atoms with E-state index < -0.39 is 6.43 Å². The molecule has 0 atom stereocenters. The summed E-state index contributed by atoms with van der Waals surface area (Å²) in [5.41, 5.74) is 1.01. The first-order chi connectivity index (χ1) is 7.22. The van der Waals surface area contributed by atoms with E-state index in [-0.39, 0.29) is 6.54 Å². The monoisotopic (exact) mass is 278 g/mol. The molecule has 1 rings (SSSR count). The number of nitrogens with zero attached hydrogens (tertiary/aromatic N) is 2. The second-order valence-corrected chi connectivity index (χ2v) is 3.96. The van der Waals surface area contributed by atoms with Crippen LogP contribution in [0.3, 0.4) is 0 Å². The van der Waals surface area contributed by atoms with Gasteiger partial charge in [0.2, 0.25) is 0 Å². The van der Waals surface area contributed by atoms with E-state index in [1.54, 1.807) is 17.3 Å². The van der Waals surface area contributed by atoms with Crippen molar-refractivity contribution in [3.63, 3.8) is 0 Å². The minimum absolute atomic E-state index is 0.187. The Kier molecular flexibility index (Phi) is 5.71. The predicted octanol–water partition coefficient (Wildman–Crippen LogP) is 2.54. The lowest BCUT2D eigenvalue weighted by Gasteiger charge is -2.20. The molecular weight excluding hydrogens is 266 g/mol. The maximum Gasteiger partial charge on any atom is 0.251 e. The fourth-order valence-electron chi connectivity index (χ4n) is 1.30. The topological polar surface area (TPSA) is 16.1 Å². The van der Waals surface area contributed by atoms with E-state index in [1.165, 1.54) is 0 Å². The molecule has 0 aliphatic rings. The minimum atomic E-state index is -2.29. The van der Waals surface area contributed by atoms with Gasteiger partial charge >= 0.3 is 0 Å². The van der Waals surface area contributed by atoms with E-state index in [0.717, 1.165) is 5.56 Å². The molecular formula is C10H13BrF2N2. The summed E-state index contributed by atoms with van der Waals surface area (Å²) in [5.74, 6) is 0. The van der Waals surface area contributed by atoms with E-state index in [2.05, 4.69) is 20.9 Å². The van der Waals surface area contributed by atoms with E-state index in [9.17, 15) is 8.78 Å². The first-order valence-electron chi connectivity index (χ1n) is 4.67. The molecule has 0 N–H and O–H groups in total. The third kappa shape index (κ3) is 5.18. The highest BCUT2D eigenvalue weighted by Gasteiger charge is 2.11. The third-order valence-electron chi connectivity index (χ3n) is 1.95. The van der Waals surface area contributed by atoms with Crippen LogP contribution in [0.1, 0.15) is 5.56 Å². The molecule has 5 heteroatoms. The Hall–Kier alpha value is -0.550. The summed E-state index contributed by atoms with van der Waals surface area (Å²) in [5, 5.41) is 0.699. The molecule has 0 unspecified atom stereocenters. The summed E-state index contributed by atoms with van der Waals surface area (Å²) >= 11 is 3.25. The summed E-state index contributed by atoms with van der Waals surface area (Å²) < 4.78 is 24.5. The van der Waals surface area contributed by atoms with Crippen LogP contribution in [0.4, 0.5) is 8.78 Å². The second-order valence-electron chi connectivity index (χ2n) is 3.17. The highest BCUT2D eigenvalue weighted by molar-refractivity contribution is 9.09. The summed E-state index contributed by atoms with van der Waals surface area (Å²) in [6.07, 6.45) is 1.06. The normalized spacial score (nSPS) is 11.3. The Balaban J connectivity index is 2.50. The smallest absolute Gasteiger partial charge is 0.251 e. The molecule has 15 heavy (non-hydrogen) atoms. The number of rotatable bonds is 6. The fourth-order valence-corrected chi connectivity index (χ4v) is 1.80. The predicted molar refractivity (Wildman–Crippen MR) is 59.3 cm³/mol. The van der Waals surface area contributed by atoms with Gasteiger partial charge in [-0.05, 0) is 17.7 Å². The van der Waals surface area contributed by atoms with Crippen molar-refractivity contribution in [2.75, 3.05) is 18.4 Å². The van der Waals surface area contributed by atoms with Crippen LogP contribution < -0.4 is 0 Å². The Labute approximate surface area is 96.4 Å². The van der Waals surface area contributed by atoms with Gasteiger partial charge < -0.3 is 0 Å². The number of hydrogen-bond acceptors (Lipinski definition) is 2. The largest absolute Gasteiger partial charge is 0.293 e. The molecule has 2 nitrogen and oxygen atoms in total. The maximum absolute atomic E-state index is 12.2. The molecule has 0 fully saturated rings. The maximum atomic E-state index is 12.2. The second kappa shape index (κ2) is 6.85. The van der Waals surface area contributed by atoms with Gasteiger partial charge in [-0.1, -0.05) is 15.9 Å². The van der Waals surface area contributed by atoms with Crippen LogP contribution >= 0.6 is 15.9 Å². The van der Waals surface area contributed by atoms with Gasteiger partial charge in [0.1, 0.15) is 0 Å². The Morgan fingerprint density at radius 3 is 2.53 bits per heavy atom. The van der Waals surface area contributed by atoms with Crippen molar-refractivity contribution in [2.45, 2.75) is 13.0 Å². The highest BCUT2D eigenvalue weighted by Crippen LogP contribution is 2.06. The quantitative estimate of drug-likeness (QED) is 0.744. The molecule has 1 heterocycles. The van der Waals surface area contributed by atoms with Gasteiger partial charge in [0.25, 0.3) is 6.43 Å². The summed E-state index contributed by atoms with van der Waals surface area (Å²) in [4.78, 5) is 5.60. The molecule has 0 spiro atoms. The van der Waals surface area contributed by atoms with Gasteiger partial charge in [-0.3, -0.25) is 9.88 Å². The number of hydrogen-bond donors (Lipinski definition) is 0. The lowest BCUT2D eigenvalue weighted by molar-refractivity contribution is 0.0881. The average molecular weight is 279 g/mol. The summed E-state index contributed by atoms with van der Waals surface area (Å²) in [7, 11) is 0. The highest BCUT2D eigenvalue weighted by atomic mass is 79.9. The van der Waals surface area contributed by atoms with Crippen LogP contribution in [-0.4, -0.2) is 34.7 Å². The van der Waals surface area contributed by atoms with Gasteiger partial charge in [0.05, 0.1) is 6.54 Å². The SMILES string of the molecule is FC(F)CN(CCBr)Cc1ccncc1. The zero-order valence-electron chi connectivity index (χ0n) is 8.24. The van der Waals surface area contributed by atoms with Crippen LogP contribution in [0.5, 0.6) is 0 Å². The molecule has 0 aliphatic carbocycles. The first-order valence-corrected chi connectivity index (χ1v) is 5.80. The molecule has 0 amide bonds. The Bertz CT molecular complexity index is 269. The molecule has 84 valence electrons. The van der Waals surface area contributed by atoms with Crippen molar-refractivity contribution in [3.8, 4) is 0 Å². The van der Waals surface area contributed by atoms with Crippen LogP contribution in [0.25, 0.3) is 0 Å². The molecule has 0 saturated heterocycles. The first kappa shape index (κ1) is 12.5. The van der Waals surface area contributed by atoms with E-state index in [4.69, 9.17) is 0 Å². The van der Waals surface area contributed by atoms with Crippen molar-refractivity contribution in [1.29, 1.82) is 0 Å². The Morgan fingerprint density at radius 2 is 2.00 bits per heavy atom. The van der Waals surface area contributed by atoms with Crippen LogP contribution in [0.15, 0.2) is 24.5 Å². The number of aromatic nitrogens is 1. The summed E-state index contributed by atoms with van der Waals surface area (Å²) in [6, 6.07) is 3.68. The lowest BCUT2D eigenvalue weighted by atomic mass is 10.2. The van der Waals surface area contributed by atoms with Crippen molar-refractivity contribution >= 4 is 15.9 Å². The molecule has 0 aliphatic heterocycles. The van der Waals surface area contributed by atoms with Crippen molar-refractivity contribution < 1.29 is 8.78 Å². The van der Waals surface area contributed by atoms with Gasteiger partial charge in [-0.15, -0.1) is 0 Å². The van der Waals surface area contributed by atoms with Crippen molar-refractivity contribution in [2.24, 2.45) is 0 Å². The zero-order chi connectivity index (χ0) is 11.1. The van der Waals surface area contributed by atoms with Crippen molar-refractivity contribution in [1.82, 2.24) is 9.88 Å². The Morgan fingerprint density at radius 1 is 1.33 bits per heavy atom. The van der Waals surface area contributed by atoms with Crippen molar-refractivity contribution in [3.05, 3.63) is 30.1 Å². The fraction of sp³-hybridized carbons (Fsp3) is 0.500.